The topological polar surface area (TPSA) is 41.9 Å². The van der Waals surface area contributed by atoms with E-state index in [0.717, 1.165) is 31.9 Å². The number of likely N-dealkylation sites (tertiary alicyclic amines) is 1. The van der Waals surface area contributed by atoms with E-state index < -0.39 is 6.10 Å². The molecule has 0 bridgehead atoms. The summed E-state index contributed by atoms with van der Waals surface area (Å²) in [4.78, 5) is 2.26. The molecule has 1 aliphatic heterocycles. The molecule has 124 valence electrons. The van der Waals surface area contributed by atoms with Crippen molar-refractivity contribution in [2.45, 2.75) is 39.4 Å². The van der Waals surface area contributed by atoms with Crippen LogP contribution in [0.3, 0.4) is 0 Å². The molecule has 1 aliphatic rings. The number of rotatable bonds is 8. The van der Waals surface area contributed by atoms with Crippen molar-refractivity contribution >= 4 is 0 Å². The lowest BCUT2D eigenvalue weighted by Crippen LogP contribution is -2.35. The molecule has 22 heavy (non-hydrogen) atoms. The molecule has 1 aromatic rings. The second kappa shape index (κ2) is 8.51. The Bertz CT molecular complexity index is 432. The second-order valence-corrected chi connectivity index (χ2v) is 6.68. The Balaban J connectivity index is 1.65. The summed E-state index contributed by atoms with van der Waals surface area (Å²) in [5.41, 5.74) is 1.21. The maximum atomic E-state index is 10.1. The Morgan fingerprint density at radius 3 is 2.64 bits per heavy atom. The first-order valence-electron chi connectivity index (χ1n) is 8.24. The molecule has 4 nitrogen and oxygen atoms in total. The number of nitrogens with zero attached hydrogens (tertiary/aromatic N) is 1. The van der Waals surface area contributed by atoms with E-state index in [-0.39, 0.29) is 0 Å². The van der Waals surface area contributed by atoms with E-state index in [4.69, 9.17) is 9.47 Å². The zero-order valence-electron chi connectivity index (χ0n) is 14.0. The van der Waals surface area contributed by atoms with Crippen molar-refractivity contribution in [2.24, 2.45) is 5.92 Å². The maximum Gasteiger partial charge on any atom is 0.119 e. The molecule has 0 amide bonds. The molecule has 0 spiro atoms. The van der Waals surface area contributed by atoms with Gasteiger partial charge in [0.25, 0.3) is 0 Å². The van der Waals surface area contributed by atoms with Gasteiger partial charge in [0.15, 0.2) is 0 Å². The van der Waals surface area contributed by atoms with E-state index in [9.17, 15) is 5.11 Å². The first kappa shape index (κ1) is 17.3. The fourth-order valence-corrected chi connectivity index (χ4v) is 2.61. The molecule has 0 radical (unpaired) electrons. The van der Waals surface area contributed by atoms with Crippen LogP contribution in [0.1, 0.15) is 25.8 Å². The predicted octanol–water partition coefficient (Wildman–Crippen LogP) is 2.48. The van der Waals surface area contributed by atoms with E-state index in [2.05, 4.69) is 18.7 Å². The number of ether oxygens (including phenoxy) is 2. The fraction of sp³-hybridized carbons (Fsp3) is 0.667. The van der Waals surface area contributed by atoms with E-state index in [1.807, 2.05) is 31.2 Å². The van der Waals surface area contributed by atoms with Crippen LogP contribution in [0.4, 0.5) is 0 Å². The molecule has 4 heteroatoms. The van der Waals surface area contributed by atoms with Gasteiger partial charge in [-0.25, -0.2) is 0 Å². The third kappa shape index (κ3) is 5.95. The summed E-state index contributed by atoms with van der Waals surface area (Å²) in [6, 6.07) is 7.90. The smallest absolute Gasteiger partial charge is 0.119 e. The Labute approximate surface area is 134 Å². The van der Waals surface area contributed by atoms with Gasteiger partial charge in [0.05, 0.1) is 6.10 Å². The monoisotopic (exact) mass is 307 g/mol. The van der Waals surface area contributed by atoms with Gasteiger partial charge in [0.1, 0.15) is 18.5 Å². The Kier molecular flexibility index (Phi) is 6.68. The van der Waals surface area contributed by atoms with Crippen molar-refractivity contribution in [1.29, 1.82) is 0 Å². The zero-order valence-corrected chi connectivity index (χ0v) is 14.0. The minimum atomic E-state index is -0.467. The molecule has 1 fully saturated rings. The van der Waals surface area contributed by atoms with E-state index in [1.165, 1.54) is 5.56 Å². The number of hydrogen-bond acceptors (Lipinski definition) is 4. The predicted molar refractivity (Wildman–Crippen MR) is 88.3 cm³/mol. The summed E-state index contributed by atoms with van der Waals surface area (Å²) in [7, 11) is 0. The zero-order chi connectivity index (χ0) is 15.9. The van der Waals surface area contributed by atoms with Crippen LogP contribution < -0.4 is 4.74 Å². The molecule has 2 atom stereocenters. The molecule has 2 unspecified atom stereocenters. The van der Waals surface area contributed by atoms with Crippen LogP contribution in [0.25, 0.3) is 0 Å². The minimum absolute atomic E-state index is 0.313. The van der Waals surface area contributed by atoms with Crippen molar-refractivity contribution in [3.05, 3.63) is 29.8 Å². The molecule has 0 saturated carbocycles. The van der Waals surface area contributed by atoms with Crippen molar-refractivity contribution in [3.63, 3.8) is 0 Å². The molecule has 0 aromatic heterocycles. The first-order valence-corrected chi connectivity index (χ1v) is 8.24. The standard InChI is InChI=1S/C18H29NO3/c1-14(2)12-21-18-8-9-19(11-18)10-16(20)13-22-17-6-4-15(3)5-7-17/h4-7,14,16,18,20H,8-13H2,1-3H3. The number of aliphatic hydroxyl groups excluding tert-OH is 1. The van der Waals surface area contributed by atoms with Gasteiger partial charge in [-0.05, 0) is 31.4 Å². The lowest BCUT2D eigenvalue weighted by atomic mass is 10.2. The SMILES string of the molecule is Cc1ccc(OCC(O)CN2CCC(OCC(C)C)C2)cc1. The molecule has 1 aromatic carbocycles. The summed E-state index contributed by atoms with van der Waals surface area (Å²) in [6.45, 7) is 10.1. The maximum absolute atomic E-state index is 10.1. The number of aliphatic hydroxyl groups is 1. The van der Waals surface area contributed by atoms with Crippen LogP contribution in [-0.4, -0.2) is 55.1 Å². The van der Waals surface area contributed by atoms with Crippen LogP contribution in [0.5, 0.6) is 5.75 Å². The number of hydrogen-bond donors (Lipinski definition) is 1. The summed E-state index contributed by atoms with van der Waals surface area (Å²) in [5, 5.41) is 10.1. The van der Waals surface area contributed by atoms with Gasteiger partial charge in [0.2, 0.25) is 0 Å². The Morgan fingerprint density at radius 1 is 1.23 bits per heavy atom. The van der Waals surface area contributed by atoms with Gasteiger partial charge in [-0.3, -0.25) is 4.90 Å². The quantitative estimate of drug-likeness (QED) is 0.801. The van der Waals surface area contributed by atoms with Gasteiger partial charge in [-0.2, -0.15) is 0 Å². The van der Waals surface area contributed by atoms with Crippen molar-refractivity contribution in [2.75, 3.05) is 32.8 Å². The van der Waals surface area contributed by atoms with Crippen LogP contribution >= 0.6 is 0 Å². The Hall–Kier alpha value is -1.10. The van der Waals surface area contributed by atoms with Crippen molar-refractivity contribution in [1.82, 2.24) is 4.90 Å². The highest BCUT2D eigenvalue weighted by Crippen LogP contribution is 2.15. The lowest BCUT2D eigenvalue weighted by Gasteiger charge is -2.20. The summed E-state index contributed by atoms with van der Waals surface area (Å²) >= 11 is 0. The molecule has 0 aliphatic carbocycles. The first-order chi connectivity index (χ1) is 10.5. The van der Waals surface area contributed by atoms with Crippen LogP contribution in [0.15, 0.2) is 24.3 Å². The summed E-state index contributed by atoms with van der Waals surface area (Å²) in [5.74, 6) is 1.38. The molecular weight excluding hydrogens is 278 g/mol. The minimum Gasteiger partial charge on any atom is -0.491 e. The number of benzene rings is 1. The van der Waals surface area contributed by atoms with Crippen LogP contribution in [0, 0.1) is 12.8 Å². The van der Waals surface area contributed by atoms with E-state index in [0.29, 0.717) is 25.2 Å². The van der Waals surface area contributed by atoms with E-state index >= 15 is 0 Å². The third-order valence-corrected chi connectivity index (χ3v) is 3.83. The lowest BCUT2D eigenvalue weighted by molar-refractivity contribution is 0.0332. The van der Waals surface area contributed by atoms with Gasteiger partial charge >= 0.3 is 0 Å². The van der Waals surface area contributed by atoms with Crippen LogP contribution in [-0.2, 0) is 4.74 Å². The highest BCUT2D eigenvalue weighted by molar-refractivity contribution is 5.26. The molecule has 1 heterocycles. The summed E-state index contributed by atoms with van der Waals surface area (Å²) < 4.78 is 11.5. The van der Waals surface area contributed by atoms with Gasteiger partial charge in [-0.15, -0.1) is 0 Å². The fourth-order valence-electron chi connectivity index (χ4n) is 2.61. The van der Waals surface area contributed by atoms with Gasteiger partial charge in [-0.1, -0.05) is 31.5 Å². The van der Waals surface area contributed by atoms with Gasteiger partial charge in [0, 0.05) is 26.2 Å². The summed E-state index contributed by atoms with van der Waals surface area (Å²) in [6.07, 6.45) is 0.899. The average molecular weight is 307 g/mol. The highest BCUT2D eigenvalue weighted by atomic mass is 16.5. The van der Waals surface area contributed by atoms with Crippen molar-refractivity contribution in [3.8, 4) is 5.75 Å². The number of aryl methyl sites for hydroxylation is 1. The average Bonchev–Trinajstić information content (AvgIpc) is 2.92. The van der Waals surface area contributed by atoms with E-state index in [1.54, 1.807) is 0 Å². The Morgan fingerprint density at radius 2 is 1.95 bits per heavy atom. The second-order valence-electron chi connectivity index (χ2n) is 6.68. The third-order valence-electron chi connectivity index (χ3n) is 3.83. The largest absolute Gasteiger partial charge is 0.491 e. The van der Waals surface area contributed by atoms with Crippen molar-refractivity contribution < 1.29 is 14.6 Å². The van der Waals surface area contributed by atoms with Gasteiger partial charge < -0.3 is 14.6 Å². The molecule has 2 rings (SSSR count). The normalized spacial score (nSPS) is 20.5. The molecule has 1 saturated heterocycles. The number of β-amino-alcohol motifs (C(OH)–C–C–N with tert-alkyl or cyclic N) is 1. The highest BCUT2D eigenvalue weighted by Gasteiger charge is 2.24. The molecule has 1 N–H and O–H groups in total. The van der Waals surface area contributed by atoms with Crippen LogP contribution in [0.2, 0.25) is 0 Å². The molecular formula is C18H29NO3.